The van der Waals surface area contributed by atoms with Crippen LogP contribution in [-0.2, 0) is 0 Å². The molecule has 7 nitrogen and oxygen atoms in total. The third-order valence-corrected chi connectivity index (χ3v) is 8.19. The van der Waals surface area contributed by atoms with E-state index in [4.69, 9.17) is 15.0 Å². The minimum atomic E-state index is 0.578. The van der Waals surface area contributed by atoms with Crippen molar-refractivity contribution in [2.24, 2.45) is 0 Å². The van der Waals surface area contributed by atoms with Gasteiger partial charge in [-0.3, -0.25) is 18.5 Å². The van der Waals surface area contributed by atoms with Crippen molar-refractivity contribution in [3.63, 3.8) is 0 Å². The topological polar surface area (TPSA) is 76.7 Å². The molecule has 9 rings (SSSR count). The van der Waals surface area contributed by atoms with Gasteiger partial charge in [0.1, 0.15) is 5.65 Å². The van der Waals surface area contributed by atoms with Crippen LogP contribution in [0.5, 0.6) is 0 Å². The molecule has 0 spiro atoms. The summed E-state index contributed by atoms with van der Waals surface area (Å²) < 4.78 is 6.59. The average molecular weight is 552 g/mol. The number of pyridine rings is 2. The molecule has 0 fully saturated rings. The Kier molecular flexibility index (Phi) is 4.84. The molecule has 0 amide bonds. The maximum Gasteiger partial charge on any atom is 0.220 e. The number of hydrogen-bond donors (Lipinski definition) is 0. The summed E-state index contributed by atoms with van der Waals surface area (Å²) in [6.45, 7) is 0. The quantitative estimate of drug-likeness (QED) is 0.224. The van der Waals surface area contributed by atoms with Gasteiger partial charge >= 0.3 is 0 Å². The summed E-state index contributed by atoms with van der Waals surface area (Å²) in [4.78, 5) is 14.6. The first-order chi connectivity index (χ1) is 21.3. The first kappa shape index (κ1) is 23.4. The van der Waals surface area contributed by atoms with Crippen LogP contribution in [0.1, 0.15) is 5.56 Å². The predicted molar refractivity (Wildman–Crippen MR) is 170 cm³/mol. The van der Waals surface area contributed by atoms with Crippen molar-refractivity contribution in [3.05, 3.63) is 133 Å². The molecule has 0 aliphatic heterocycles. The van der Waals surface area contributed by atoms with Crippen LogP contribution < -0.4 is 0 Å². The van der Waals surface area contributed by atoms with Crippen molar-refractivity contribution in [2.45, 2.75) is 0 Å². The van der Waals surface area contributed by atoms with E-state index in [1.165, 1.54) is 0 Å². The highest BCUT2D eigenvalue weighted by atomic mass is 15.2. The highest BCUT2D eigenvalue weighted by molar-refractivity contribution is 6.06. The van der Waals surface area contributed by atoms with E-state index < -0.39 is 0 Å². The molecule has 0 radical (unpaired) electrons. The van der Waals surface area contributed by atoms with Gasteiger partial charge in [-0.25, -0.2) is 9.97 Å². The zero-order chi connectivity index (χ0) is 28.5. The average Bonchev–Trinajstić information content (AvgIpc) is 3.71. The monoisotopic (exact) mass is 551 g/mol. The van der Waals surface area contributed by atoms with Crippen LogP contribution in [0.3, 0.4) is 0 Å². The minimum absolute atomic E-state index is 0.578. The van der Waals surface area contributed by atoms with E-state index in [0.717, 1.165) is 72.4 Å². The third kappa shape index (κ3) is 3.26. The molecular weight excluding hydrogens is 530 g/mol. The van der Waals surface area contributed by atoms with Gasteiger partial charge in [-0.2, -0.15) is 5.26 Å². The van der Waals surface area contributed by atoms with Crippen molar-refractivity contribution < 1.29 is 0 Å². The summed E-state index contributed by atoms with van der Waals surface area (Å²) in [6, 6.07) is 41.1. The number of aromatic nitrogens is 6. The highest BCUT2D eigenvalue weighted by Crippen LogP contribution is 2.39. The maximum atomic E-state index is 9.99. The number of nitrogens with zero attached hydrogens (tertiary/aromatic N) is 7. The van der Waals surface area contributed by atoms with Crippen LogP contribution in [0.2, 0.25) is 0 Å². The molecule has 4 aromatic carbocycles. The normalized spacial score (nSPS) is 11.7. The highest BCUT2D eigenvalue weighted by Gasteiger charge is 2.22. The first-order valence-corrected chi connectivity index (χ1v) is 14.0. The van der Waals surface area contributed by atoms with Gasteiger partial charge < -0.3 is 0 Å². The zero-order valence-corrected chi connectivity index (χ0v) is 22.8. The Balaban J connectivity index is 1.41. The van der Waals surface area contributed by atoms with Crippen LogP contribution in [0.25, 0.3) is 72.4 Å². The van der Waals surface area contributed by atoms with Gasteiger partial charge in [-0.1, -0.05) is 42.5 Å². The van der Waals surface area contributed by atoms with Crippen LogP contribution in [0, 0.1) is 11.3 Å². The van der Waals surface area contributed by atoms with E-state index in [2.05, 4.69) is 74.2 Å². The second-order valence-electron chi connectivity index (χ2n) is 10.5. The molecule has 5 aromatic heterocycles. The SMILES string of the molecule is N#Cc1ccc(-n2c3cccnc3c3cccnc32)c(-c2ccccc2-n2c3ccccc3n3c4ccccc4nc23)c1. The van der Waals surface area contributed by atoms with Crippen molar-refractivity contribution in [1.82, 2.24) is 28.5 Å². The Bertz CT molecular complexity index is 2540. The molecule has 0 aliphatic rings. The van der Waals surface area contributed by atoms with Gasteiger partial charge in [-0.05, 0) is 72.8 Å². The molecule has 0 N–H and O–H groups in total. The predicted octanol–water partition coefficient (Wildman–Crippen LogP) is 7.86. The zero-order valence-electron chi connectivity index (χ0n) is 22.8. The lowest BCUT2D eigenvalue weighted by molar-refractivity contribution is 1.10. The molecule has 0 atom stereocenters. The number of benzene rings is 4. The number of hydrogen-bond acceptors (Lipinski definition) is 4. The second-order valence-corrected chi connectivity index (χ2v) is 10.5. The van der Waals surface area contributed by atoms with Gasteiger partial charge in [0.05, 0.1) is 56.1 Å². The van der Waals surface area contributed by atoms with E-state index in [-0.39, 0.29) is 0 Å². The largest absolute Gasteiger partial charge is 0.292 e. The van der Waals surface area contributed by atoms with Gasteiger partial charge in [0.15, 0.2) is 0 Å². The van der Waals surface area contributed by atoms with Crippen LogP contribution >= 0.6 is 0 Å². The lowest BCUT2D eigenvalue weighted by atomic mass is 9.99. The number of fused-ring (bicyclic) bond motifs is 8. The van der Waals surface area contributed by atoms with Gasteiger partial charge in [0.2, 0.25) is 5.78 Å². The Morgan fingerprint density at radius 3 is 2.21 bits per heavy atom. The molecule has 7 heteroatoms. The second kappa shape index (κ2) is 8.87. The molecule has 0 aliphatic carbocycles. The van der Waals surface area contributed by atoms with Crippen LogP contribution in [0.4, 0.5) is 0 Å². The van der Waals surface area contributed by atoms with Gasteiger partial charge in [0, 0.05) is 28.9 Å². The van der Waals surface area contributed by atoms with Crippen molar-refractivity contribution in [2.75, 3.05) is 0 Å². The number of para-hydroxylation sites is 5. The van der Waals surface area contributed by atoms with E-state index >= 15 is 0 Å². The first-order valence-electron chi connectivity index (χ1n) is 14.0. The van der Waals surface area contributed by atoms with E-state index in [0.29, 0.717) is 5.56 Å². The summed E-state index contributed by atoms with van der Waals surface area (Å²) in [5, 5.41) is 11.0. The summed E-state index contributed by atoms with van der Waals surface area (Å²) in [5.41, 5.74) is 11.1. The summed E-state index contributed by atoms with van der Waals surface area (Å²) in [7, 11) is 0. The summed E-state index contributed by atoms with van der Waals surface area (Å²) in [6.07, 6.45) is 3.62. The standard InChI is InChI=1S/C36H21N7/c37-22-23-17-18-29(41-33-16-8-19-38-34(33)25-10-7-20-39-35(25)41)26(21-23)24-9-1-3-12-28(24)42-31-14-5-6-15-32(31)43-30-13-4-2-11-27(30)40-36(42)43/h1-21H. The number of rotatable bonds is 3. The lowest BCUT2D eigenvalue weighted by Gasteiger charge is -2.17. The molecule has 0 unspecified atom stereocenters. The third-order valence-electron chi connectivity index (χ3n) is 8.19. The van der Waals surface area contributed by atoms with Gasteiger partial charge in [0.25, 0.3) is 0 Å². The molecule has 5 heterocycles. The molecule has 0 bridgehead atoms. The van der Waals surface area contributed by atoms with E-state index in [9.17, 15) is 5.26 Å². The molecule has 0 saturated heterocycles. The fourth-order valence-electron chi connectivity index (χ4n) is 6.40. The Hall–Kier alpha value is -6.26. The number of nitriles is 1. The van der Waals surface area contributed by atoms with E-state index in [1.807, 2.05) is 66.9 Å². The van der Waals surface area contributed by atoms with Gasteiger partial charge in [-0.15, -0.1) is 0 Å². The van der Waals surface area contributed by atoms with E-state index in [1.54, 1.807) is 6.20 Å². The molecular formula is C36H21N7. The molecule has 43 heavy (non-hydrogen) atoms. The Morgan fingerprint density at radius 1 is 0.581 bits per heavy atom. The van der Waals surface area contributed by atoms with Crippen molar-refractivity contribution >= 4 is 49.9 Å². The fraction of sp³-hybridized carbons (Fsp3) is 0. The smallest absolute Gasteiger partial charge is 0.220 e. The lowest BCUT2D eigenvalue weighted by Crippen LogP contribution is -2.03. The summed E-state index contributed by atoms with van der Waals surface area (Å²) in [5.74, 6) is 0.829. The minimum Gasteiger partial charge on any atom is -0.292 e. The van der Waals surface area contributed by atoms with Crippen molar-refractivity contribution in [3.8, 4) is 28.6 Å². The van der Waals surface area contributed by atoms with Crippen LogP contribution in [0.15, 0.2) is 128 Å². The Morgan fingerprint density at radius 2 is 1.30 bits per heavy atom. The molecule has 200 valence electrons. The molecule has 0 saturated carbocycles. The maximum absolute atomic E-state index is 9.99. The fourth-order valence-corrected chi connectivity index (χ4v) is 6.40. The summed E-state index contributed by atoms with van der Waals surface area (Å²) >= 11 is 0. The van der Waals surface area contributed by atoms with Crippen molar-refractivity contribution in [1.29, 1.82) is 5.26 Å². The number of imidazole rings is 2. The van der Waals surface area contributed by atoms with Crippen LogP contribution in [-0.4, -0.2) is 28.5 Å². The molecule has 9 aromatic rings. The Labute approximate surface area is 245 Å².